The Morgan fingerprint density at radius 1 is 1.38 bits per heavy atom. The van der Waals surface area contributed by atoms with Crippen molar-refractivity contribution >= 4 is 0 Å². The van der Waals surface area contributed by atoms with Crippen molar-refractivity contribution in [1.29, 1.82) is 0 Å². The summed E-state index contributed by atoms with van der Waals surface area (Å²) < 4.78 is 36.8. The molecule has 1 rings (SSSR count). The molecular weight excluding hydrogens is 223 g/mol. The Hall–Kier alpha value is -1.27. The second-order valence-electron chi connectivity index (χ2n) is 3.34. The van der Waals surface area contributed by atoms with Crippen LogP contribution in [0.5, 0.6) is 5.75 Å². The number of aliphatic hydroxyl groups is 1. The fraction of sp³-hybridized carbons (Fsp3) is 0.400. The number of phenols is 1. The molecule has 0 saturated carbocycles. The first-order chi connectivity index (χ1) is 7.36. The third-order valence-electron chi connectivity index (χ3n) is 2.11. The van der Waals surface area contributed by atoms with E-state index < -0.39 is 23.6 Å². The highest BCUT2D eigenvalue weighted by Gasteiger charge is 2.31. The van der Waals surface area contributed by atoms with E-state index in [4.69, 9.17) is 0 Å². The van der Waals surface area contributed by atoms with Crippen molar-refractivity contribution in [2.75, 3.05) is 13.6 Å². The van der Waals surface area contributed by atoms with Crippen LogP contribution in [0.15, 0.2) is 18.2 Å². The lowest BCUT2D eigenvalue weighted by Gasteiger charge is -2.14. The highest BCUT2D eigenvalue weighted by molar-refractivity contribution is 5.39. The normalized spacial score (nSPS) is 13.8. The Labute approximate surface area is 90.5 Å². The monoisotopic (exact) mass is 235 g/mol. The number of likely N-dealkylation sites (N-methyl/N-ethyl adjacent to an activating group) is 1. The average Bonchev–Trinajstić information content (AvgIpc) is 2.16. The topological polar surface area (TPSA) is 52.5 Å². The van der Waals surface area contributed by atoms with Crippen LogP contribution < -0.4 is 5.32 Å². The fourth-order valence-corrected chi connectivity index (χ4v) is 1.31. The van der Waals surface area contributed by atoms with E-state index in [1.165, 1.54) is 0 Å². The molecule has 3 N–H and O–H groups in total. The molecule has 1 aromatic rings. The minimum Gasteiger partial charge on any atom is -0.508 e. The molecule has 3 nitrogen and oxygen atoms in total. The number of phenolic OH excluding ortho intramolecular Hbond substituents is 1. The van der Waals surface area contributed by atoms with Crippen molar-refractivity contribution < 1.29 is 23.4 Å². The number of rotatable bonds is 3. The minimum atomic E-state index is -4.50. The van der Waals surface area contributed by atoms with E-state index in [9.17, 15) is 23.4 Å². The first kappa shape index (κ1) is 12.8. The first-order valence-electron chi connectivity index (χ1n) is 4.59. The van der Waals surface area contributed by atoms with Gasteiger partial charge in [-0.25, -0.2) is 0 Å². The largest absolute Gasteiger partial charge is 0.508 e. The van der Waals surface area contributed by atoms with Gasteiger partial charge in [0.25, 0.3) is 0 Å². The molecule has 0 aliphatic rings. The summed E-state index contributed by atoms with van der Waals surface area (Å²) in [6.45, 7) is 0.152. The molecule has 1 atom stereocenters. The molecule has 0 fully saturated rings. The Balaban J connectivity index is 3.00. The van der Waals surface area contributed by atoms with Gasteiger partial charge >= 0.3 is 6.18 Å². The van der Waals surface area contributed by atoms with E-state index in [0.717, 1.165) is 12.1 Å². The molecule has 0 spiro atoms. The van der Waals surface area contributed by atoms with E-state index in [1.54, 1.807) is 7.05 Å². The smallest absolute Gasteiger partial charge is 0.416 e. The maximum atomic E-state index is 12.3. The molecule has 1 aromatic carbocycles. The Bertz CT molecular complexity index is 366. The predicted molar refractivity (Wildman–Crippen MR) is 52.0 cm³/mol. The van der Waals surface area contributed by atoms with Gasteiger partial charge in [0, 0.05) is 12.1 Å². The lowest BCUT2D eigenvalue weighted by atomic mass is 10.1. The van der Waals surface area contributed by atoms with Crippen LogP contribution in [0.1, 0.15) is 17.2 Å². The number of halogens is 3. The van der Waals surface area contributed by atoms with Gasteiger partial charge in [0.1, 0.15) is 5.75 Å². The SMILES string of the molecule is CNCC(O)c1ccc(C(F)(F)F)cc1O. The fourth-order valence-electron chi connectivity index (χ4n) is 1.31. The van der Waals surface area contributed by atoms with Crippen LogP contribution in [0, 0.1) is 0 Å². The summed E-state index contributed by atoms with van der Waals surface area (Å²) in [5.41, 5.74) is -0.868. The molecular formula is C10H12F3NO2. The molecule has 0 bridgehead atoms. The predicted octanol–water partition coefficient (Wildman–Crippen LogP) is 1.66. The van der Waals surface area contributed by atoms with E-state index in [0.29, 0.717) is 6.07 Å². The second kappa shape index (κ2) is 4.71. The van der Waals surface area contributed by atoms with Gasteiger partial charge < -0.3 is 15.5 Å². The molecule has 16 heavy (non-hydrogen) atoms. The van der Waals surface area contributed by atoms with Crippen LogP contribution in [0.3, 0.4) is 0 Å². The van der Waals surface area contributed by atoms with Gasteiger partial charge in [-0.15, -0.1) is 0 Å². The molecule has 0 aliphatic heterocycles. The highest BCUT2D eigenvalue weighted by atomic mass is 19.4. The van der Waals surface area contributed by atoms with Crippen LogP contribution in [0.4, 0.5) is 13.2 Å². The summed E-state index contributed by atoms with van der Waals surface area (Å²) in [5, 5.41) is 21.5. The van der Waals surface area contributed by atoms with E-state index >= 15 is 0 Å². The van der Waals surface area contributed by atoms with Crippen LogP contribution in [0.25, 0.3) is 0 Å². The van der Waals surface area contributed by atoms with Gasteiger partial charge in [0.05, 0.1) is 11.7 Å². The molecule has 1 unspecified atom stereocenters. The van der Waals surface area contributed by atoms with Gasteiger partial charge in [0.2, 0.25) is 0 Å². The molecule has 0 heterocycles. The zero-order valence-electron chi connectivity index (χ0n) is 8.54. The summed E-state index contributed by atoms with van der Waals surface area (Å²) >= 11 is 0. The van der Waals surface area contributed by atoms with Crippen LogP contribution in [-0.4, -0.2) is 23.8 Å². The zero-order valence-corrected chi connectivity index (χ0v) is 8.54. The zero-order chi connectivity index (χ0) is 12.3. The summed E-state index contributed by atoms with van der Waals surface area (Å²) in [4.78, 5) is 0. The van der Waals surface area contributed by atoms with Crippen molar-refractivity contribution in [3.63, 3.8) is 0 Å². The van der Waals surface area contributed by atoms with E-state index in [2.05, 4.69) is 5.32 Å². The lowest BCUT2D eigenvalue weighted by Crippen LogP contribution is -2.17. The van der Waals surface area contributed by atoms with Crippen molar-refractivity contribution in [3.05, 3.63) is 29.3 Å². The number of aliphatic hydroxyl groups excluding tert-OH is 1. The number of benzene rings is 1. The Morgan fingerprint density at radius 3 is 2.44 bits per heavy atom. The van der Waals surface area contributed by atoms with Crippen molar-refractivity contribution in [2.45, 2.75) is 12.3 Å². The molecule has 90 valence electrons. The van der Waals surface area contributed by atoms with E-state index in [-0.39, 0.29) is 12.1 Å². The third kappa shape index (κ3) is 2.86. The van der Waals surface area contributed by atoms with Crippen molar-refractivity contribution in [1.82, 2.24) is 5.32 Å². The van der Waals surface area contributed by atoms with Crippen LogP contribution in [0.2, 0.25) is 0 Å². The molecule has 0 saturated heterocycles. The summed E-state index contributed by atoms with van der Waals surface area (Å²) in [6.07, 6.45) is -5.53. The van der Waals surface area contributed by atoms with Gasteiger partial charge in [0.15, 0.2) is 0 Å². The molecule has 0 radical (unpaired) electrons. The molecule has 6 heteroatoms. The van der Waals surface area contributed by atoms with Crippen molar-refractivity contribution in [2.24, 2.45) is 0 Å². The maximum absolute atomic E-state index is 12.3. The molecule has 0 amide bonds. The summed E-state index contributed by atoms with van der Waals surface area (Å²) in [6, 6.07) is 2.50. The van der Waals surface area contributed by atoms with Gasteiger partial charge in [-0.2, -0.15) is 13.2 Å². The Morgan fingerprint density at radius 2 is 2.00 bits per heavy atom. The third-order valence-corrected chi connectivity index (χ3v) is 2.11. The van der Waals surface area contributed by atoms with Crippen LogP contribution >= 0.6 is 0 Å². The van der Waals surface area contributed by atoms with Crippen LogP contribution in [-0.2, 0) is 6.18 Å². The summed E-state index contributed by atoms with van der Waals surface area (Å²) in [5.74, 6) is -0.558. The highest BCUT2D eigenvalue weighted by Crippen LogP contribution is 2.34. The quantitative estimate of drug-likeness (QED) is 0.746. The maximum Gasteiger partial charge on any atom is 0.416 e. The second-order valence-corrected chi connectivity index (χ2v) is 3.34. The Kier molecular flexibility index (Phi) is 3.77. The summed E-state index contributed by atoms with van der Waals surface area (Å²) in [7, 11) is 1.59. The number of aromatic hydroxyl groups is 1. The minimum absolute atomic E-state index is 0.0716. The standard InChI is InChI=1S/C10H12F3NO2/c1-14-5-9(16)7-3-2-6(4-8(7)15)10(11,12)13/h2-4,9,14-16H,5H2,1H3. The van der Waals surface area contributed by atoms with Gasteiger partial charge in [-0.1, -0.05) is 6.07 Å². The number of nitrogens with one attached hydrogen (secondary N) is 1. The number of alkyl halides is 3. The van der Waals surface area contributed by atoms with Gasteiger partial charge in [-0.05, 0) is 19.2 Å². The molecule has 0 aliphatic carbocycles. The number of hydrogen-bond acceptors (Lipinski definition) is 3. The first-order valence-corrected chi connectivity index (χ1v) is 4.59. The lowest BCUT2D eigenvalue weighted by molar-refractivity contribution is -0.137. The van der Waals surface area contributed by atoms with Crippen molar-refractivity contribution in [3.8, 4) is 5.75 Å². The average molecular weight is 235 g/mol. The number of hydrogen-bond donors (Lipinski definition) is 3. The molecule has 0 aromatic heterocycles. The van der Waals surface area contributed by atoms with E-state index in [1.807, 2.05) is 0 Å². The van der Waals surface area contributed by atoms with Gasteiger partial charge in [-0.3, -0.25) is 0 Å².